The number of aryl methyl sites for hydroxylation is 1. The van der Waals surface area contributed by atoms with Crippen LogP contribution in [-0.2, 0) is 16.1 Å². The number of aromatic hydroxyl groups is 4. The maximum atomic E-state index is 12.1. The molecule has 2 atom stereocenters. The van der Waals surface area contributed by atoms with E-state index < -0.39 is 23.7 Å². The third-order valence-electron chi connectivity index (χ3n) is 11.0. The van der Waals surface area contributed by atoms with Crippen molar-refractivity contribution in [3.8, 4) is 28.7 Å². The molecule has 1 aliphatic rings. The monoisotopic (exact) mass is 989 g/mol. The van der Waals surface area contributed by atoms with Gasteiger partial charge in [0.05, 0.1) is 11.1 Å². The number of ketones is 1. The van der Waals surface area contributed by atoms with E-state index in [-0.39, 0.29) is 72.7 Å². The predicted octanol–water partition coefficient (Wildman–Crippen LogP) is 12.7. The van der Waals surface area contributed by atoms with Crippen LogP contribution in [-0.4, -0.2) is 69.4 Å². The molecule has 0 aliphatic heterocycles. The van der Waals surface area contributed by atoms with E-state index in [1.807, 2.05) is 62.3 Å². The van der Waals surface area contributed by atoms with Crippen LogP contribution in [0, 0.1) is 18.3 Å². The molecule has 13 nitrogen and oxygen atoms in total. The van der Waals surface area contributed by atoms with E-state index in [2.05, 4.69) is 34.6 Å². The Kier molecular flexibility index (Phi) is 26.0. The number of carboxylic acids is 1. The quantitative estimate of drug-likeness (QED) is 0.0674. The van der Waals surface area contributed by atoms with Crippen molar-refractivity contribution in [1.29, 1.82) is 0 Å². The van der Waals surface area contributed by atoms with Gasteiger partial charge in [0, 0.05) is 25.8 Å². The van der Waals surface area contributed by atoms with Crippen LogP contribution < -0.4 is 10.0 Å². The number of benzene rings is 6. The molecule has 0 amide bonds. The molecule has 0 bridgehead atoms. The third-order valence-corrected chi connectivity index (χ3v) is 11.0. The van der Waals surface area contributed by atoms with Gasteiger partial charge >= 0.3 is 17.9 Å². The largest absolute Gasteiger partial charge is 0.872 e. The highest BCUT2D eigenvalue weighted by atomic mass is 16.5. The van der Waals surface area contributed by atoms with Gasteiger partial charge in [-0.15, -0.1) is 0 Å². The van der Waals surface area contributed by atoms with Gasteiger partial charge in [-0.3, -0.25) is 4.79 Å². The van der Waals surface area contributed by atoms with E-state index in [0.717, 1.165) is 36.1 Å². The van der Waals surface area contributed by atoms with Gasteiger partial charge < -0.3 is 45.0 Å². The summed E-state index contributed by atoms with van der Waals surface area (Å²) in [6, 6.07) is 38.5. The van der Waals surface area contributed by atoms with Crippen molar-refractivity contribution in [3.63, 3.8) is 0 Å². The second-order valence-corrected chi connectivity index (χ2v) is 18.2. The summed E-state index contributed by atoms with van der Waals surface area (Å²) in [7, 11) is 3.90. The number of Topliss-reactive ketones (excluding diaryl/α,β-unsaturated/α-hetero) is 1. The Morgan fingerprint density at radius 3 is 1.54 bits per heavy atom. The number of ether oxygens (including phenoxy) is 2. The van der Waals surface area contributed by atoms with Crippen molar-refractivity contribution in [3.05, 3.63) is 178 Å². The molecule has 0 saturated heterocycles. The van der Waals surface area contributed by atoms with E-state index in [0.29, 0.717) is 23.1 Å². The van der Waals surface area contributed by atoms with Gasteiger partial charge in [0.25, 0.3) is 0 Å². The van der Waals surface area contributed by atoms with Crippen molar-refractivity contribution in [1.82, 2.24) is 0 Å². The molecule has 0 radical (unpaired) electrons. The van der Waals surface area contributed by atoms with Crippen LogP contribution in [0.1, 0.15) is 140 Å². The third kappa shape index (κ3) is 20.7. The Bertz CT molecular complexity index is 2580. The number of hydrogen-bond acceptors (Lipinski definition) is 12. The molecule has 72 heavy (non-hydrogen) atoms. The summed E-state index contributed by atoms with van der Waals surface area (Å²) in [4.78, 5) is 46.8. The van der Waals surface area contributed by atoms with E-state index >= 15 is 0 Å². The van der Waals surface area contributed by atoms with Gasteiger partial charge in [0.15, 0.2) is 5.78 Å². The molecule has 388 valence electrons. The lowest BCUT2D eigenvalue weighted by molar-refractivity contribution is -0.268. The summed E-state index contributed by atoms with van der Waals surface area (Å²) >= 11 is 0. The summed E-state index contributed by atoms with van der Waals surface area (Å²) in [6.07, 6.45) is 2.91. The van der Waals surface area contributed by atoms with Crippen molar-refractivity contribution in [2.45, 2.75) is 101 Å². The van der Waals surface area contributed by atoms with E-state index in [9.17, 15) is 39.6 Å². The molecule has 7 rings (SSSR count). The van der Waals surface area contributed by atoms with Crippen LogP contribution in [0.3, 0.4) is 0 Å². The fraction of sp³-hybridized carbons (Fsp3) is 0.322. The van der Waals surface area contributed by atoms with Gasteiger partial charge in [-0.25, -0.2) is 14.4 Å². The molecule has 1 aliphatic carbocycles. The molecule has 0 spiro atoms. The lowest BCUT2D eigenvalue weighted by atomic mass is 9.71. The minimum atomic E-state index is -1.18. The number of phenols is 4. The zero-order valence-corrected chi connectivity index (χ0v) is 41.4. The van der Waals surface area contributed by atoms with Crippen molar-refractivity contribution >= 4 is 29.4 Å². The number of carboxylic acid groups (broad SMARTS) is 1. The van der Waals surface area contributed by atoms with Crippen molar-refractivity contribution in [2.75, 3.05) is 19.0 Å². The maximum Gasteiger partial charge on any atom is 0.342 e. The second kappa shape index (κ2) is 30.1. The molecule has 0 heterocycles. The molecule has 6 aromatic carbocycles. The number of nitrogens with zero attached hydrogens (tertiary/aromatic N) is 1. The highest BCUT2D eigenvalue weighted by Gasteiger charge is 2.34. The molecule has 5 N–H and O–H groups in total. The fourth-order valence-electron chi connectivity index (χ4n) is 7.37. The molecule has 1 saturated carbocycles. The standard InChI is InChI=1S/C17H18O3.C16H22O3.C9H13NO.C8H8O2.C7H6O3.2CH4/c1-12(2)14-9-7-13(8-10-14)11-20-17(19)15-5-3-4-6-16(15)18;1-11-8-12(10-16(2,3)9-11)19-15(18)13-6-4-5-7-14(13)17;1-7-4-5-8(10(2)3)6-9(7)11;1-6(9)7-4-2-3-5-8(7)10;8-6-4-2-1-3-5(6)7(9)10;;/h3-10,12,18H,11H2,1-2H3;4-7,11-12,17H,8-10H2,1-3H3;4-6,11H,1-3H3;2-5,10H,1H3;1-4,8H,(H,9,10);2*1H4/p-1. The lowest BCUT2D eigenvalue weighted by Gasteiger charge is -2.38. The molecular weight excluding hydrogens is 915 g/mol. The Hall–Kier alpha value is -7.80. The molecule has 6 aromatic rings. The first kappa shape index (κ1) is 62.2. The second-order valence-electron chi connectivity index (χ2n) is 18.2. The van der Waals surface area contributed by atoms with E-state index in [1.54, 1.807) is 60.7 Å². The number of carbonyl (C=O) groups excluding carboxylic acids is 3. The Balaban J connectivity index is 0.000000462. The summed E-state index contributed by atoms with van der Waals surface area (Å²) < 4.78 is 10.8. The Labute approximate surface area is 426 Å². The number of phenolic OH excluding ortho intramolecular Hbond substituents is 4. The first-order valence-electron chi connectivity index (χ1n) is 22.8. The number of rotatable bonds is 9. The number of hydrogen-bond donors (Lipinski definition) is 5. The van der Waals surface area contributed by atoms with E-state index in [1.165, 1.54) is 55.0 Å². The summed E-state index contributed by atoms with van der Waals surface area (Å²) in [5, 5.41) is 56.7. The lowest BCUT2D eigenvalue weighted by Crippen LogP contribution is -2.34. The van der Waals surface area contributed by atoms with Crippen LogP contribution in [0.4, 0.5) is 5.69 Å². The van der Waals surface area contributed by atoms with Crippen molar-refractivity contribution in [2.24, 2.45) is 11.3 Å². The molecule has 2 unspecified atom stereocenters. The first-order valence-corrected chi connectivity index (χ1v) is 22.8. The van der Waals surface area contributed by atoms with E-state index in [4.69, 9.17) is 19.7 Å². The highest BCUT2D eigenvalue weighted by molar-refractivity contribution is 5.96. The van der Waals surface area contributed by atoms with Gasteiger partial charge in [0.1, 0.15) is 46.8 Å². The zero-order chi connectivity index (χ0) is 52.1. The Morgan fingerprint density at radius 1 is 0.667 bits per heavy atom. The average molecular weight is 989 g/mol. The summed E-state index contributed by atoms with van der Waals surface area (Å²) in [5.74, 6) is -1.31. The maximum absolute atomic E-state index is 12.1. The SMILES string of the molecule is C.C.CC(=O)c1ccccc1O.CC(C)c1ccc(COC(=O)c2ccccc2O)cc1.CC1CC(OC(=O)c2ccccc2O)CC(C)(C)C1.Cc1ccc(N(C)C)cc1O.O=C(O)c1ccccc1[O-]. The van der Waals surface area contributed by atoms with Crippen molar-refractivity contribution < 1.29 is 59.3 Å². The zero-order valence-electron chi connectivity index (χ0n) is 41.4. The minimum absolute atomic E-state index is 0. The van der Waals surface area contributed by atoms with Crippen LogP contribution in [0.25, 0.3) is 0 Å². The fourth-order valence-corrected chi connectivity index (χ4v) is 7.37. The number of para-hydroxylation sites is 4. The van der Waals surface area contributed by atoms with Crippen LogP contribution in [0.15, 0.2) is 140 Å². The Morgan fingerprint density at radius 2 is 1.14 bits per heavy atom. The average Bonchev–Trinajstić information content (AvgIpc) is 3.30. The molecule has 13 heteroatoms. The summed E-state index contributed by atoms with van der Waals surface area (Å²) in [5.41, 5.74) is 4.96. The summed E-state index contributed by atoms with van der Waals surface area (Å²) in [6.45, 7) is 14.4. The van der Waals surface area contributed by atoms with Crippen LogP contribution >= 0.6 is 0 Å². The number of esters is 2. The van der Waals surface area contributed by atoms with Gasteiger partial charge in [-0.05, 0) is 116 Å². The predicted molar refractivity (Wildman–Crippen MR) is 283 cm³/mol. The minimum Gasteiger partial charge on any atom is -0.872 e. The smallest absolute Gasteiger partial charge is 0.342 e. The van der Waals surface area contributed by atoms with Gasteiger partial charge in [-0.1, -0.05) is 140 Å². The number of aromatic carboxylic acids is 1. The molecule has 1 fully saturated rings. The molecular formula is C59H74NO12-. The number of carbonyl (C=O) groups is 4. The highest BCUT2D eigenvalue weighted by Crippen LogP contribution is 2.40. The van der Waals surface area contributed by atoms with Gasteiger partial charge in [0.2, 0.25) is 0 Å². The van der Waals surface area contributed by atoms with Crippen LogP contribution in [0.2, 0.25) is 0 Å². The van der Waals surface area contributed by atoms with Gasteiger partial charge in [-0.2, -0.15) is 0 Å². The topological polar surface area (TPSA) is 214 Å². The number of anilines is 1. The molecule has 0 aromatic heterocycles. The van der Waals surface area contributed by atoms with Crippen LogP contribution in [0.5, 0.6) is 28.7 Å². The normalized spacial score (nSPS) is 13.8. The first-order chi connectivity index (χ1) is 33.0.